The third kappa shape index (κ3) is 5.81. The second-order valence-corrected chi connectivity index (χ2v) is 8.80. The zero-order valence-electron chi connectivity index (χ0n) is 18.9. The molecular formula is C24H14F3N3O7S. The fourth-order valence-electron chi connectivity index (χ4n) is 3.41. The van der Waals surface area contributed by atoms with Gasteiger partial charge in [0.2, 0.25) is 5.75 Å². The van der Waals surface area contributed by atoms with Crippen LogP contribution < -0.4 is 4.74 Å². The molecule has 38 heavy (non-hydrogen) atoms. The summed E-state index contributed by atoms with van der Waals surface area (Å²) in [7, 11) is 0. The summed E-state index contributed by atoms with van der Waals surface area (Å²) in [5.41, 5.74) is -1.32. The first-order valence-corrected chi connectivity index (χ1v) is 11.4. The summed E-state index contributed by atoms with van der Waals surface area (Å²) in [6, 6.07) is 13.2. The smallest absolute Gasteiger partial charge is 0.416 e. The number of ether oxygens (including phenoxy) is 1. The Morgan fingerprint density at radius 2 is 1.66 bits per heavy atom. The summed E-state index contributed by atoms with van der Waals surface area (Å²) in [5, 5.41) is 21.6. The van der Waals surface area contributed by atoms with Gasteiger partial charge in [-0.15, -0.1) is 0 Å². The Kier molecular flexibility index (Phi) is 7.17. The summed E-state index contributed by atoms with van der Waals surface area (Å²) in [5.74, 6) is -0.960. The van der Waals surface area contributed by atoms with Crippen molar-refractivity contribution < 1.29 is 37.3 Å². The number of nitro benzene ring substituents is 2. The number of non-ortho nitro benzene ring substituents is 1. The van der Waals surface area contributed by atoms with Crippen LogP contribution in [-0.2, 0) is 17.5 Å². The van der Waals surface area contributed by atoms with E-state index in [0.29, 0.717) is 35.0 Å². The number of nitrogens with zero attached hydrogens (tertiary/aromatic N) is 3. The lowest BCUT2D eigenvalue weighted by Gasteiger charge is -2.12. The number of carbonyl (C=O) groups is 2. The Bertz CT molecular complexity index is 1490. The van der Waals surface area contributed by atoms with Gasteiger partial charge in [0.05, 0.1) is 26.9 Å². The Labute approximate surface area is 215 Å². The molecule has 1 fully saturated rings. The van der Waals surface area contributed by atoms with Crippen LogP contribution in [0.4, 0.5) is 29.3 Å². The monoisotopic (exact) mass is 545 g/mol. The molecule has 0 aromatic heterocycles. The van der Waals surface area contributed by atoms with E-state index in [9.17, 15) is 43.0 Å². The van der Waals surface area contributed by atoms with Gasteiger partial charge in [0, 0.05) is 18.2 Å². The number of halogens is 3. The lowest BCUT2D eigenvalue weighted by atomic mass is 10.1. The van der Waals surface area contributed by atoms with Gasteiger partial charge in [-0.2, -0.15) is 13.2 Å². The number of amides is 2. The molecule has 0 aliphatic carbocycles. The Morgan fingerprint density at radius 3 is 2.29 bits per heavy atom. The molecule has 0 spiro atoms. The predicted molar refractivity (Wildman–Crippen MR) is 129 cm³/mol. The summed E-state index contributed by atoms with van der Waals surface area (Å²) >= 11 is 0.678. The number of rotatable bonds is 7. The van der Waals surface area contributed by atoms with E-state index in [1.54, 1.807) is 6.07 Å². The zero-order valence-corrected chi connectivity index (χ0v) is 19.7. The van der Waals surface area contributed by atoms with Gasteiger partial charge in [0.1, 0.15) is 5.75 Å². The number of thioether (sulfide) groups is 1. The van der Waals surface area contributed by atoms with Gasteiger partial charge >= 0.3 is 11.9 Å². The molecule has 0 unspecified atom stereocenters. The van der Waals surface area contributed by atoms with Gasteiger partial charge in [-0.25, -0.2) is 0 Å². The van der Waals surface area contributed by atoms with E-state index in [1.165, 1.54) is 48.5 Å². The van der Waals surface area contributed by atoms with Crippen molar-refractivity contribution in [2.75, 3.05) is 0 Å². The molecule has 1 aliphatic heterocycles. The molecule has 1 saturated heterocycles. The number of hydrogen-bond donors (Lipinski definition) is 0. The minimum absolute atomic E-state index is 0.0479. The Morgan fingerprint density at radius 1 is 0.947 bits per heavy atom. The standard InChI is InChI=1S/C24H14F3N3O7S/c25-24(26,27)16-6-9-20(19(12-16)30(35)36)37-18-3-1-2-15(10-18)11-21-22(31)28(23(32)38-21)13-14-4-7-17(8-5-14)29(33)34/h1-12H,13H2/b21-11-. The topological polar surface area (TPSA) is 133 Å². The van der Waals surface area contributed by atoms with Crippen molar-refractivity contribution in [3.8, 4) is 11.5 Å². The molecule has 3 aromatic carbocycles. The molecule has 0 radical (unpaired) electrons. The van der Waals surface area contributed by atoms with Crippen molar-refractivity contribution in [3.05, 3.63) is 109 Å². The van der Waals surface area contributed by atoms with Crippen LogP contribution in [0.1, 0.15) is 16.7 Å². The second kappa shape index (κ2) is 10.3. The highest BCUT2D eigenvalue weighted by atomic mass is 32.2. The molecule has 0 N–H and O–H groups in total. The van der Waals surface area contributed by atoms with Gasteiger partial charge in [-0.1, -0.05) is 24.3 Å². The van der Waals surface area contributed by atoms with Gasteiger partial charge in [-0.3, -0.25) is 34.7 Å². The van der Waals surface area contributed by atoms with Gasteiger partial charge < -0.3 is 4.74 Å². The minimum Gasteiger partial charge on any atom is -0.450 e. The maximum absolute atomic E-state index is 12.9. The van der Waals surface area contributed by atoms with E-state index in [1.807, 2.05) is 0 Å². The van der Waals surface area contributed by atoms with Crippen molar-refractivity contribution in [1.29, 1.82) is 0 Å². The summed E-state index contributed by atoms with van der Waals surface area (Å²) in [6.07, 6.45) is -3.38. The summed E-state index contributed by atoms with van der Waals surface area (Å²) < 4.78 is 44.3. The molecule has 0 bridgehead atoms. The van der Waals surface area contributed by atoms with E-state index in [4.69, 9.17) is 4.74 Å². The van der Waals surface area contributed by atoms with E-state index in [2.05, 4.69) is 0 Å². The highest BCUT2D eigenvalue weighted by Gasteiger charge is 2.35. The molecule has 0 atom stereocenters. The van der Waals surface area contributed by atoms with E-state index in [-0.39, 0.29) is 22.9 Å². The van der Waals surface area contributed by atoms with Crippen molar-refractivity contribution in [2.45, 2.75) is 12.7 Å². The molecule has 3 aromatic rings. The number of benzene rings is 3. The van der Waals surface area contributed by atoms with E-state index in [0.717, 1.165) is 11.0 Å². The Balaban J connectivity index is 1.53. The van der Waals surface area contributed by atoms with Crippen molar-refractivity contribution in [2.24, 2.45) is 0 Å². The van der Waals surface area contributed by atoms with Crippen LogP contribution in [0.5, 0.6) is 11.5 Å². The largest absolute Gasteiger partial charge is 0.450 e. The molecule has 10 nitrogen and oxygen atoms in total. The average Bonchev–Trinajstić information content (AvgIpc) is 3.11. The highest BCUT2D eigenvalue weighted by Crippen LogP contribution is 2.38. The number of imide groups is 1. The molecule has 1 aliphatic rings. The lowest BCUT2D eigenvalue weighted by molar-refractivity contribution is -0.385. The van der Waals surface area contributed by atoms with Gasteiger partial charge in [0.25, 0.3) is 16.8 Å². The van der Waals surface area contributed by atoms with Crippen LogP contribution in [0.3, 0.4) is 0 Å². The first-order chi connectivity index (χ1) is 17.9. The average molecular weight is 545 g/mol. The first kappa shape index (κ1) is 26.3. The zero-order chi connectivity index (χ0) is 27.6. The molecule has 0 saturated carbocycles. The number of nitro groups is 2. The third-order valence-corrected chi connectivity index (χ3v) is 6.14. The lowest BCUT2D eigenvalue weighted by Crippen LogP contribution is -2.27. The Hall–Kier alpha value is -4.72. The second-order valence-electron chi connectivity index (χ2n) is 7.80. The van der Waals surface area contributed by atoms with Crippen molar-refractivity contribution in [1.82, 2.24) is 4.90 Å². The van der Waals surface area contributed by atoms with Crippen LogP contribution in [-0.4, -0.2) is 25.9 Å². The molecule has 14 heteroatoms. The third-order valence-electron chi connectivity index (χ3n) is 5.23. The van der Waals surface area contributed by atoms with Crippen LogP contribution in [0.2, 0.25) is 0 Å². The van der Waals surface area contributed by atoms with Crippen LogP contribution >= 0.6 is 11.8 Å². The van der Waals surface area contributed by atoms with Crippen molar-refractivity contribution >= 4 is 40.4 Å². The maximum Gasteiger partial charge on any atom is 0.416 e. The SMILES string of the molecule is O=C1S/C(=C\c2cccc(Oc3ccc(C(F)(F)F)cc3[N+](=O)[O-])c2)C(=O)N1Cc1ccc([N+](=O)[O-])cc1. The fourth-order valence-corrected chi connectivity index (χ4v) is 4.25. The van der Waals surface area contributed by atoms with E-state index >= 15 is 0 Å². The molecule has 194 valence electrons. The molecule has 2 amide bonds. The molecular weight excluding hydrogens is 531 g/mol. The van der Waals surface area contributed by atoms with Gasteiger partial charge in [-0.05, 0) is 53.2 Å². The number of alkyl halides is 3. The number of carbonyl (C=O) groups excluding carboxylic acids is 2. The fraction of sp³-hybridized carbons (Fsp3) is 0.0833. The highest BCUT2D eigenvalue weighted by molar-refractivity contribution is 8.18. The van der Waals surface area contributed by atoms with Gasteiger partial charge in [0.15, 0.2) is 0 Å². The minimum atomic E-state index is -4.77. The summed E-state index contributed by atoms with van der Waals surface area (Å²) in [6.45, 7) is -0.0965. The molecule has 1 heterocycles. The summed E-state index contributed by atoms with van der Waals surface area (Å²) in [4.78, 5) is 46.8. The maximum atomic E-state index is 12.9. The van der Waals surface area contributed by atoms with E-state index < -0.39 is 44.2 Å². The van der Waals surface area contributed by atoms with Crippen LogP contribution in [0, 0.1) is 20.2 Å². The molecule has 4 rings (SSSR count). The van der Waals surface area contributed by atoms with Crippen LogP contribution in [0.15, 0.2) is 71.6 Å². The number of hydrogen-bond acceptors (Lipinski definition) is 8. The predicted octanol–water partition coefficient (Wildman–Crippen LogP) is 6.55. The van der Waals surface area contributed by atoms with Crippen molar-refractivity contribution in [3.63, 3.8) is 0 Å². The normalized spacial score (nSPS) is 14.7. The quantitative estimate of drug-likeness (QED) is 0.185. The first-order valence-electron chi connectivity index (χ1n) is 10.5. The van der Waals surface area contributed by atoms with Crippen LogP contribution in [0.25, 0.3) is 6.08 Å².